The van der Waals surface area contributed by atoms with E-state index in [9.17, 15) is 0 Å². The standard InChI is InChI=1S/C13H22N2O/c1-3-8-16-9-4-7-15-13-10-12(14)6-5-11(13)2/h5-6,10,15H,3-4,7-9,14H2,1-2H3. The number of hydrogen-bond donors (Lipinski definition) is 2. The number of anilines is 2. The van der Waals surface area contributed by atoms with Gasteiger partial charge in [-0.3, -0.25) is 0 Å². The molecule has 1 rings (SSSR count). The van der Waals surface area contributed by atoms with Crippen LogP contribution in [0.1, 0.15) is 25.3 Å². The summed E-state index contributed by atoms with van der Waals surface area (Å²) in [6.07, 6.45) is 2.11. The Morgan fingerprint density at radius 2 is 2.12 bits per heavy atom. The third-order valence-corrected chi connectivity index (χ3v) is 2.39. The Morgan fingerprint density at radius 3 is 2.88 bits per heavy atom. The molecule has 3 nitrogen and oxygen atoms in total. The number of nitrogen functional groups attached to an aromatic ring is 1. The smallest absolute Gasteiger partial charge is 0.0482 e. The van der Waals surface area contributed by atoms with Crippen molar-refractivity contribution in [3.63, 3.8) is 0 Å². The highest BCUT2D eigenvalue weighted by atomic mass is 16.5. The van der Waals surface area contributed by atoms with Crippen molar-refractivity contribution >= 4 is 11.4 Å². The van der Waals surface area contributed by atoms with E-state index < -0.39 is 0 Å². The van der Waals surface area contributed by atoms with Gasteiger partial charge in [0.2, 0.25) is 0 Å². The van der Waals surface area contributed by atoms with E-state index in [4.69, 9.17) is 10.5 Å². The van der Waals surface area contributed by atoms with Crippen LogP contribution >= 0.6 is 0 Å². The Bertz CT molecular complexity index is 313. The Labute approximate surface area is 98.0 Å². The molecule has 0 aromatic heterocycles. The first-order valence-electron chi connectivity index (χ1n) is 5.91. The van der Waals surface area contributed by atoms with Gasteiger partial charge < -0.3 is 15.8 Å². The van der Waals surface area contributed by atoms with E-state index >= 15 is 0 Å². The maximum Gasteiger partial charge on any atom is 0.0482 e. The molecule has 0 fully saturated rings. The highest BCUT2D eigenvalue weighted by molar-refractivity contribution is 5.59. The zero-order chi connectivity index (χ0) is 11.8. The number of benzene rings is 1. The summed E-state index contributed by atoms with van der Waals surface area (Å²) < 4.78 is 5.41. The molecule has 0 aliphatic carbocycles. The second-order valence-corrected chi connectivity index (χ2v) is 3.97. The van der Waals surface area contributed by atoms with Crippen LogP contribution in [0.3, 0.4) is 0 Å². The van der Waals surface area contributed by atoms with Crippen molar-refractivity contribution in [2.75, 3.05) is 30.8 Å². The van der Waals surface area contributed by atoms with Gasteiger partial charge in [-0.2, -0.15) is 0 Å². The molecule has 0 atom stereocenters. The predicted molar refractivity (Wildman–Crippen MR) is 69.8 cm³/mol. The lowest BCUT2D eigenvalue weighted by Crippen LogP contribution is -2.07. The minimum absolute atomic E-state index is 0.801. The van der Waals surface area contributed by atoms with Crippen LogP contribution in [0, 0.1) is 6.92 Å². The highest BCUT2D eigenvalue weighted by Gasteiger charge is 1.97. The van der Waals surface area contributed by atoms with Crippen molar-refractivity contribution in [1.29, 1.82) is 0 Å². The molecule has 0 aliphatic rings. The summed E-state index contributed by atoms with van der Waals surface area (Å²) in [5.74, 6) is 0. The van der Waals surface area contributed by atoms with Crippen LogP contribution in [0.4, 0.5) is 11.4 Å². The summed E-state index contributed by atoms with van der Waals surface area (Å²) in [6, 6.07) is 5.93. The van der Waals surface area contributed by atoms with Gasteiger partial charge in [0.05, 0.1) is 0 Å². The van der Waals surface area contributed by atoms with Gasteiger partial charge in [-0.05, 0) is 37.5 Å². The van der Waals surface area contributed by atoms with E-state index in [1.807, 2.05) is 18.2 Å². The first-order chi connectivity index (χ1) is 7.74. The number of hydrogen-bond acceptors (Lipinski definition) is 3. The number of ether oxygens (including phenoxy) is 1. The van der Waals surface area contributed by atoms with Gasteiger partial charge >= 0.3 is 0 Å². The summed E-state index contributed by atoms with van der Waals surface area (Å²) >= 11 is 0. The van der Waals surface area contributed by atoms with E-state index in [0.29, 0.717) is 0 Å². The van der Waals surface area contributed by atoms with Gasteiger partial charge in [-0.25, -0.2) is 0 Å². The molecule has 3 heteroatoms. The number of rotatable bonds is 7. The lowest BCUT2D eigenvalue weighted by Gasteiger charge is -2.10. The molecule has 0 spiro atoms. The minimum atomic E-state index is 0.801. The molecule has 3 N–H and O–H groups in total. The third-order valence-electron chi connectivity index (χ3n) is 2.39. The molecule has 0 amide bonds. The monoisotopic (exact) mass is 222 g/mol. The molecule has 1 aromatic rings. The van der Waals surface area contributed by atoms with Crippen molar-refractivity contribution in [3.05, 3.63) is 23.8 Å². The SMILES string of the molecule is CCCOCCCNc1cc(N)ccc1C. The predicted octanol–water partition coefficient (Wildman–Crippen LogP) is 2.81. The van der Waals surface area contributed by atoms with Gasteiger partial charge in [-0.15, -0.1) is 0 Å². The summed E-state index contributed by atoms with van der Waals surface area (Å²) in [5, 5.41) is 3.37. The second kappa shape index (κ2) is 7.12. The molecule has 16 heavy (non-hydrogen) atoms. The number of aryl methyl sites for hydroxylation is 1. The van der Waals surface area contributed by atoms with Crippen LogP contribution in [-0.4, -0.2) is 19.8 Å². The summed E-state index contributed by atoms with van der Waals surface area (Å²) in [5.41, 5.74) is 8.88. The molecule has 0 saturated carbocycles. The molecule has 0 saturated heterocycles. The van der Waals surface area contributed by atoms with E-state index in [1.54, 1.807) is 0 Å². The molecule has 90 valence electrons. The van der Waals surface area contributed by atoms with Crippen LogP contribution in [0.2, 0.25) is 0 Å². The van der Waals surface area contributed by atoms with Crippen molar-refractivity contribution in [3.8, 4) is 0 Å². The van der Waals surface area contributed by atoms with Crippen molar-refractivity contribution < 1.29 is 4.74 Å². The van der Waals surface area contributed by atoms with Gasteiger partial charge in [0.15, 0.2) is 0 Å². The molecular weight excluding hydrogens is 200 g/mol. The van der Waals surface area contributed by atoms with Crippen LogP contribution < -0.4 is 11.1 Å². The van der Waals surface area contributed by atoms with Gasteiger partial charge in [0.25, 0.3) is 0 Å². The normalized spacial score (nSPS) is 10.4. The van der Waals surface area contributed by atoms with Crippen molar-refractivity contribution in [1.82, 2.24) is 0 Å². The van der Waals surface area contributed by atoms with Crippen LogP contribution in [0.25, 0.3) is 0 Å². The molecule has 1 aromatic carbocycles. The summed E-state index contributed by atoms with van der Waals surface area (Å²) in [7, 11) is 0. The van der Waals surface area contributed by atoms with Crippen LogP contribution in [-0.2, 0) is 4.74 Å². The maximum atomic E-state index is 5.73. The maximum absolute atomic E-state index is 5.73. The van der Waals surface area contributed by atoms with E-state index in [1.165, 1.54) is 5.56 Å². The molecule has 0 aliphatic heterocycles. The summed E-state index contributed by atoms with van der Waals surface area (Å²) in [4.78, 5) is 0. The Morgan fingerprint density at radius 1 is 1.31 bits per heavy atom. The van der Waals surface area contributed by atoms with Gasteiger partial charge in [0, 0.05) is 31.1 Å². The Balaban J connectivity index is 2.23. The van der Waals surface area contributed by atoms with Crippen molar-refractivity contribution in [2.45, 2.75) is 26.7 Å². The minimum Gasteiger partial charge on any atom is -0.399 e. The van der Waals surface area contributed by atoms with E-state index in [-0.39, 0.29) is 0 Å². The Hall–Kier alpha value is -1.22. The fourth-order valence-corrected chi connectivity index (χ4v) is 1.47. The first kappa shape index (κ1) is 12.8. The van der Waals surface area contributed by atoms with Crippen LogP contribution in [0.15, 0.2) is 18.2 Å². The van der Waals surface area contributed by atoms with Crippen LogP contribution in [0.5, 0.6) is 0 Å². The lowest BCUT2D eigenvalue weighted by molar-refractivity contribution is 0.134. The zero-order valence-electron chi connectivity index (χ0n) is 10.3. The average Bonchev–Trinajstić information content (AvgIpc) is 2.28. The molecule has 0 unspecified atom stereocenters. The second-order valence-electron chi connectivity index (χ2n) is 3.97. The molecule has 0 radical (unpaired) electrons. The lowest BCUT2D eigenvalue weighted by atomic mass is 10.2. The van der Waals surface area contributed by atoms with Gasteiger partial charge in [-0.1, -0.05) is 13.0 Å². The fourth-order valence-electron chi connectivity index (χ4n) is 1.47. The largest absolute Gasteiger partial charge is 0.399 e. The number of nitrogens with two attached hydrogens (primary N) is 1. The molecule has 0 heterocycles. The highest BCUT2D eigenvalue weighted by Crippen LogP contribution is 2.17. The number of nitrogens with one attached hydrogen (secondary N) is 1. The summed E-state index contributed by atoms with van der Waals surface area (Å²) in [6.45, 7) is 6.80. The topological polar surface area (TPSA) is 47.3 Å². The zero-order valence-corrected chi connectivity index (χ0v) is 10.3. The van der Waals surface area contributed by atoms with E-state index in [0.717, 1.165) is 44.0 Å². The average molecular weight is 222 g/mol. The van der Waals surface area contributed by atoms with Gasteiger partial charge in [0.1, 0.15) is 0 Å². The fraction of sp³-hybridized carbons (Fsp3) is 0.538. The van der Waals surface area contributed by atoms with Crippen molar-refractivity contribution in [2.24, 2.45) is 0 Å². The molecular formula is C13H22N2O. The third kappa shape index (κ3) is 4.53. The van der Waals surface area contributed by atoms with E-state index in [2.05, 4.69) is 19.2 Å². The Kier molecular flexibility index (Phi) is 5.72. The molecule has 0 bridgehead atoms. The quantitative estimate of drug-likeness (QED) is 0.551. The first-order valence-corrected chi connectivity index (χ1v) is 5.91.